The smallest absolute Gasteiger partial charge is 0.224 e. The maximum atomic E-state index is 5.79. The Morgan fingerprint density at radius 3 is 2.43 bits per heavy atom. The largest absolute Gasteiger partial charge is 0.351 e. The van der Waals surface area contributed by atoms with Crippen LogP contribution in [0.15, 0.2) is 12.3 Å². The van der Waals surface area contributed by atoms with Crippen molar-refractivity contribution >= 4 is 17.4 Å². The number of halogens is 1. The van der Waals surface area contributed by atoms with E-state index in [1.54, 1.807) is 6.20 Å². The zero-order valence-electron chi connectivity index (χ0n) is 7.86. The molecule has 2 aliphatic rings. The van der Waals surface area contributed by atoms with E-state index in [1.165, 1.54) is 25.7 Å². The second kappa shape index (κ2) is 3.09. The maximum Gasteiger partial charge on any atom is 0.224 e. The van der Waals surface area contributed by atoms with Crippen LogP contribution in [0.3, 0.4) is 0 Å². The second-order valence-electron chi connectivity index (χ2n) is 4.05. The van der Waals surface area contributed by atoms with Crippen molar-refractivity contribution in [2.75, 3.05) is 4.90 Å². The molecule has 2 aliphatic heterocycles. The standard InChI is InChI=1S/C10H12ClN3/c11-10-12-6-5-9(13-10)14-7-1-2-8(14)4-3-7/h5-8H,1-4H2. The third-order valence-electron chi connectivity index (χ3n) is 3.33. The van der Waals surface area contributed by atoms with Crippen LogP contribution in [0, 0.1) is 0 Å². The minimum Gasteiger partial charge on any atom is -0.351 e. The van der Waals surface area contributed by atoms with Gasteiger partial charge in [-0.1, -0.05) is 0 Å². The van der Waals surface area contributed by atoms with Gasteiger partial charge in [-0.3, -0.25) is 0 Å². The van der Waals surface area contributed by atoms with Crippen LogP contribution in [0.5, 0.6) is 0 Å². The number of hydrogen-bond donors (Lipinski definition) is 0. The van der Waals surface area contributed by atoms with E-state index in [-0.39, 0.29) is 0 Å². The van der Waals surface area contributed by atoms with Crippen LogP contribution in [0.2, 0.25) is 5.28 Å². The van der Waals surface area contributed by atoms with Gasteiger partial charge in [-0.25, -0.2) is 9.97 Å². The first-order valence-electron chi connectivity index (χ1n) is 5.11. The third kappa shape index (κ3) is 1.19. The highest BCUT2D eigenvalue weighted by Gasteiger charge is 2.39. The first kappa shape index (κ1) is 8.48. The summed E-state index contributed by atoms with van der Waals surface area (Å²) in [7, 11) is 0. The molecule has 74 valence electrons. The van der Waals surface area contributed by atoms with Crippen molar-refractivity contribution in [2.45, 2.75) is 37.8 Å². The molecular formula is C10H12ClN3. The maximum absolute atomic E-state index is 5.79. The highest BCUT2D eigenvalue weighted by Crippen LogP contribution is 2.39. The lowest BCUT2D eigenvalue weighted by molar-refractivity contribution is 0.576. The number of anilines is 1. The van der Waals surface area contributed by atoms with Crippen molar-refractivity contribution in [1.82, 2.24) is 9.97 Å². The number of rotatable bonds is 1. The molecule has 0 unspecified atom stereocenters. The lowest BCUT2D eigenvalue weighted by Gasteiger charge is -2.22. The third-order valence-corrected chi connectivity index (χ3v) is 3.51. The molecule has 3 nitrogen and oxygen atoms in total. The Hall–Kier alpha value is -0.830. The van der Waals surface area contributed by atoms with Crippen LogP contribution in [0.4, 0.5) is 5.82 Å². The molecule has 3 heterocycles. The van der Waals surface area contributed by atoms with Gasteiger partial charge in [0.1, 0.15) is 5.82 Å². The Morgan fingerprint density at radius 2 is 1.86 bits per heavy atom. The van der Waals surface area contributed by atoms with Crippen molar-refractivity contribution in [1.29, 1.82) is 0 Å². The highest BCUT2D eigenvalue weighted by molar-refractivity contribution is 6.28. The van der Waals surface area contributed by atoms with Crippen LogP contribution >= 0.6 is 11.6 Å². The Bertz CT molecular complexity index is 335. The summed E-state index contributed by atoms with van der Waals surface area (Å²) in [6.07, 6.45) is 6.99. The van der Waals surface area contributed by atoms with Crippen molar-refractivity contribution in [3.63, 3.8) is 0 Å². The fraction of sp³-hybridized carbons (Fsp3) is 0.600. The summed E-state index contributed by atoms with van der Waals surface area (Å²) in [5.41, 5.74) is 0. The molecule has 2 saturated heterocycles. The van der Waals surface area contributed by atoms with Crippen LogP contribution in [0.25, 0.3) is 0 Å². The average Bonchev–Trinajstić information content (AvgIpc) is 2.76. The van der Waals surface area contributed by atoms with Crippen molar-refractivity contribution < 1.29 is 0 Å². The van der Waals surface area contributed by atoms with Gasteiger partial charge in [-0.05, 0) is 43.4 Å². The quantitative estimate of drug-likeness (QED) is 0.665. The highest BCUT2D eigenvalue weighted by atomic mass is 35.5. The van der Waals surface area contributed by atoms with Crippen molar-refractivity contribution in [3.8, 4) is 0 Å². The normalized spacial score (nSPS) is 29.9. The zero-order chi connectivity index (χ0) is 9.54. The summed E-state index contributed by atoms with van der Waals surface area (Å²) in [4.78, 5) is 10.6. The predicted molar refractivity (Wildman–Crippen MR) is 55.6 cm³/mol. The summed E-state index contributed by atoms with van der Waals surface area (Å²) in [6.45, 7) is 0. The molecule has 0 N–H and O–H groups in total. The monoisotopic (exact) mass is 209 g/mol. The summed E-state index contributed by atoms with van der Waals surface area (Å²) in [5.74, 6) is 1.01. The van der Waals surface area contributed by atoms with E-state index in [9.17, 15) is 0 Å². The van der Waals surface area contributed by atoms with Crippen molar-refractivity contribution in [3.05, 3.63) is 17.5 Å². The summed E-state index contributed by atoms with van der Waals surface area (Å²) in [5, 5.41) is 0.355. The summed E-state index contributed by atoms with van der Waals surface area (Å²) < 4.78 is 0. The van der Waals surface area contributed by atoms with Gasteiger partial charge < -0.3 is 4.90 Å². The molecule has 0 radical (unpaired) electrons. The summed E-state index contributed by atoms with van der Waals surface area (Å²) >= 11 is 5.79. The van der Waals surface area contributed by atoms with Gasteiger partial charge in [0.25, 0.3) is 0 Å². The van der Waals surface area contributed by atoms with E-state index >= 15 is 0 Å². The first-order chi connectivity index (χ1) is 6.84. The average molecular weight is 210 g/mol. The van der Waals surface area contributed by atoms with Crippen molar-refractivity contribution in [2.24, 2.45) is 0 Å². The number of fused-ring (bicyclic) bond motifs is 2. The topological polar surface area (TPSA) is 29.0 Å². The van der Waals surface area contributed by atoms with E-state index in [0.717, 1.165) is 5.82 Å². The fourth-order valence-corrected chi connectivity index (χ4v) is 2.90. The van der Waals surface area contributed by atoms with E-state index < -0.39 is 0 Å². The minimum atomic E-state index is 0.355. The molecule has 2 bridgehead atoms. The molecular weight excluding hydrogens is 198 g/mol. The SMILES string of the molecule is Clc1nccc(N2C3CCC2CC3)n1. The van der Waals surface area contributed by atoms with Gasteiger partial charge in [0.2, 0.25) is 5.28 Å². The van der Waals surface area contributed by atoms with E-state index in [1.807, 2.05) is 6.07 Å². The van der Waals surface area contributed by atoms with Crippen LogP contribution in [-0.2, 0) is 0 Å². The number of nitrogens with zero attached hydrogens (tertiary/aromatic N) is 3. The minimum absolute atomic E-state index is 0.355. The molecule has 3 rings (SSSR count). The molecule has 14 heavy (non-hydrogen) atoms. The Kier molecular flexibility index (Phi) is 1.87. The molecule has 0 spiro atoms. The van der Waals surface area contributed by atoms with Gasteiger partial charge in [0.05, 0.1) is 0 Å². The van der Waals surface area contributed by atoms with Gasteiger partial charge in [0, 0.05) is 18.3 Å². The Balaban J connectivity index is 1.95. The predicted octanol–water partition coefficient (Wildman–Crippen LogP) is 2.26. The van der Waals surface area contributed by atoms with E-state index in [0.29, 0.717) is 17.4 Å². The molecule has 4 heteroatoms. The van der Waals surface area contributed by atoms with Crippen LogP contribution in [0.1, 0.15) is 25.7 Å². The lowest BCUT2D eigenvalue weighted by Crippen LogP contribution is -2.28. The number of hydrogen-bond acceptors (Lipinski definition) is 3. The molecule has 0 atom stereocenters. The fourth-order valence-electron chi connectivity index (χ4n) is 2.76. The first-order valence-corrected chi connectivity index (χ1v) is 5.49. The Morgan fingerprint density at radius 1 is 1.21 bits per heavy atom. The molecule has 0 aliphatic carbocycles. The lowest BCUT2D eigenvalue weighted by atomic mass is 10.0. The summed E-state index contributed by atoms with van der Waals surface area (Å²) in [6, 6.07) is 3.36. The molecule has 0 amide bonds. The van der Waals surface area contributed by atoms with Crippen LogP contribution in [-0.4, -0.2) is 22.1 Å². The van der Waals surface area contributed by atoms with Gasteiger partial charge in [-0.15, -0.1) is 0 Å². The van der Waals surface area contributed by atoms with Crippen LogP contribution < -0.4 is 4.90 Å². The molecule has 1 aromatic heterocycles. The van der Waals surface area contributed by atoms with Gasteiger partial charge in [0.15, 0.2) is 0 Å². The second-order valence-corrected chi connectivity index (χ2v) is 4.39. The van der Waals surface area contributed by atoms with E-state index in [4.69, 9.17) is 11.6 Å². The molecule has 1 aromatic rings. The zero-order valence-corrected chi connectivity index (χ0v) is 8.61. The Labute approximate surface area is 88.1 Å². The van der Waals surface area contributed by atoms with Gasteiger partial charge in [-0.2, -0.15) is 0 Å². The molecule has 0 aromatic carbocycles. The molecule has 2 fully saturated rings. The number of aromatic nitrogens is 2. The molecule has 0 saturated carbocycles. The van der Waals surface area contributed by atoms with E-state index in [2.05, 4.69) is 14.9 Å². The van der Waals surface area contributed by atoms with Gasteiger partial charge >= 0.3 is 0 Å².